The van der Waals surface area contributed by atoms with Crippen molar-refractivity contribution in [2.45, 2.75) is 19.0 Å². The third-order valence-corrected chi connectivity index (χ3v) is 6.42. The molecule has 1 aliphatic heterocycles. The maximum atomic E-state index is 13.3. The number of anilines is 1. The van der Waals surface area contributed by atoms with Gasteiger partial charge in [0.2, 0.25) is 5.91 Å². The maximum Gasteiger partial charge on any atom is 0.264 e. The Morgan fingerprint density at radius 2 is 1.80 bits per heavy atom. The molecule has 0 saturated carbocycles. The van der Waals surface area contributed by atoms with Crippen LogP contribution in [-0.4, -0.2) is 28.7 Å². The average molecular weight is 534 g/mol. The predicted molar refractivity (Wildman–Crippen MR) is 121 cm³/mol. The molecule has 5 nitrogen and oxygen atoms in total. The van der Waals surface area contributed by atoms with Crippen LogP contribution in [0.3, 0.4) is 0 Å². The first kappa shape index (κ1) is 20.7. The molecular formula is C22H16FIN2O3S. The molecule has 0 bridgehead atoms. The summed E-state index contributed by atoms with van der Waals surface area (Å²) in [4.78, 5) is 42.1. The first-order valence-electron chi connectivity index (χ1n) is 9.15. The SMILES string of the molecule is O=C1CC(N(Cc2ccc(F)cc2)C(=O)c2cccs2)C(=O)N1c1ccc(I)cc1. The van der Waals surface area contributed by atoms with Crippen molar-refractivity contribution in [1.82, 2.24) is 4.90 Å². The van der Waals surface area contributed by atoms with Gasteiger partial charge in [-0.3, -0.25) is 14.4 Å². The molecule has 1 aliphatic rings. The summed E-state index contributed by atoms with van der Waals surface area (Å²) in [5, 5.41) is 1.78. The minimum atomic E-state index is -0.920. The lowest BCUT2D eigenvalue weighted by atomic mass is 10.1. The van der Waals surface area contributed by atoms with Gasteiger partial charge >= 0.3 is 0 Å². The van der Waals surface area contributed by atoms with Crippen LogP contribution in [0.2, 0.25) is 0 Å². The van der Waals surface area contributed by atoms with Gasteiger partial charge in [-0.05, 0) is 76.0 Å². The Kier molecular flexibility index (Phi) is 5.96. The summed E-state index contributed by atoms with van der Waals surface area (Å²) >= 11 is 3.42. The molecule has 0 radical (unpaired) electrons. The van der Waals surface area contributed by atoms with Crippen LogP contribution in [0, 0.1) is 9.39 Å². The smallest absolute Gasteiger partial charge is 0.264 e. The summed E-state index contributed by atoms with van der Waals surface area (Å²) in [6, 6.07) is 15.3. The van der Waals surface area contributed by atoms with Gasteiger partial charge in [0.25, 0.3) is 11.8 Å². The molecule has 8 heteroatoms. The molecule has 0 aliphatic carbocycles. The zero-order chi connectivity index (χ0) is 21.3. The highest BCUT2D eigenvalue weighted by molar-refractivity contribution is 14.1. The zero-order valence-corrected chi connectivity index (χ0v) is 18.6. The summed E-state index contributed by atoms with van der Waals surface area (Å²) in [5.41, 5.74) is 1.16. The molecule has 4 rings (SSSR count). The van der Waals surface area contributed by atoms with Crippen molar-refractivity contribution >= 4 is 57.3 Å². The van der Waals surface area contributed by atoms with Crippen molar-refractivity contribution in [2.75, 3.05) is 4.90 Å². The first-order valence-corrected chi connectivity index (χ1v) is 11.1. The third kappa shape index (κ3) is 4.15. The van der Waals surface area contributed by atoms with Crippen LogP contribution in [0.1, 0.15) is 21.7 Å². The minimum absolute atomic E-state index is 0.0941. The second kappa shape index (κ2) is 8.65. The number of benzene rings is 2. The highest BCUT2D eigenvalue weighted by atomic mass is 127. The van der Waals surface area contributed by atoms with Crippen LogP contribution in [-0.2, 0) is 16.1 Å². The van der Waals surface area contributed by atoms with Gasteiger partial charge < -0.3 is 4.90 Å². The number of imide groups is 1. The van der Waals surface area contributed by atoms with Crippen LogP contribution in [0.25, 0.3) is 0 Å². The second-order valence-corrected chi connectivity index (χ2v) is 8.99. The van der Waals surface area contributed by atoms with Crippen LogP contribution in [0.5, 0.6) is 0 Å². The van der Waals surface area contributed by atoms with E-state index in [0.29, 0.717) is 16.1 Å². The summed E-state index contributed by atoms with van der Waals surface area (Å²) in [5.74, 6) is -1.50. The van der Waals surface area contributed by atoms with Crippen LogP contribution in [0.15, 0.2) is 66.0 Å². The molecule has 0 N–H and O–H groups in total. The zero-order valence-electron chi connectivity index (χ0n) is 15.6. The summed E-state index contributed by atoms with van der Waals surface area (Å²) in [6.45, 7) is 0.0984. The van der Waals surface area contributed by atoms with Crippen LogP contribution < -0.4 is 4.90 Å². The normalized spacial score (nSPS) is 16.2. The van der Waals surface area contributed by atoms with Gasteiger partial charge in [0.15, 0.2) is 0 Å². The van der Waals surface area contributed by atoms with Gasteiger partial charge in [-0.15, -0.1) is 11.3 Å². The molecule has 0 spiro atoms. The van der Waals surface area contributed by atoms with E-state index in [1.54, 1.807) is 41.8 Å². The van der Waals surface area contributed by atoms with Crippen molar-refractivity contribution in [1.29, 1.82) is 0 Å². The molecule has 1 atom stereocenters. The Bertz CT molecular complexity index is 1080. The van der Waals surface area contributed by atoms with E-state index in [1.807, 2.05) is 12.1 Å². The fraction of sp³-hybridized carbons (Fsp3) is 0.136. The molecule has 2 heterocycles. The van der Waals surface area contributed by atoms with Crippen molar-refractivity contribution in [3.63, 3.8) is 0 Å². The monoisotopic (exact) mass is 534 g/mol. The van der Waals surface area contributed by atoms with Crippen molar-refractivity contribution < 1.29 is 18.8 Å². The third-order valence-electron chi connectivity index (χ3n) is 4.84. The van der Waals surface area contributed by atoms with E-state index in [4.69, 9.17) is 0 Å². The topological polar surface area (TPSA) is 57.7 Å². The Morgan fingerprint density at radius 1 is 1.10 bits per heavy atom. The number of thiophene rings is 1. The van der Waals surface area contributed by atoms with E-state index in [2.05, 4.69) is 22.6 Å². The highest BCUT2D eigenvalue weighted by Gasteiger charge is 2.44. The Morgan fingerprint density at radius 3 is 2.43 bits per heavy atom. The van der Waals surface area contributed by atoms with E-state index < -0.39 is 11.9 Å². The van der Waals surface area contributed by atoms with Crippen molar-refractivity contribution in [2.24, 2.45) is 0 Å². The lowest BCUT2D eigenvalue weighted by Crippen LogP contribution is -2.44. The van der Waals surface area contributed by atoms with Gasteiger partial charge in [0.05, 0.1) is 17.0 Å². The van der Waals surface area contributed by atoms with E-state index in [-0.39, 0.29) is 30.6 Å². The number of nitrogens with zero attached hydrogens (tertiary/aromatic N) is 2. The molecule has 1 saturated heterocycles. The Balaban J connectivity index is 1.66. The van der Waals surface area contributed by atoms with E-state index in [9.17, 15) is 18.8 Å². The molecule has 2 aromatic carbocycles. The van der Waals surface area contributed by atoms with Crippen LogP contribution in [0.4, 0.5) is 10.1 Å². The largest absolute Gasteiger partial charge is 0.321 e. The number of rotatable bonds is 5. The Labute approximate surface area is 190 Å². The number of halogens is 2. The Hall–Kier alpha value is -2.59. The molecule has 3 aromatic rings. The summed E-state index contributed by atoms with van der Waals surface area (Å²) < 4.78 is 14.3. The molecule has 1 unspecified atom stereocenters. The number of hydrogen-bond donors (Lipinski definition) is 0. The quantitative estimate of drug-likeness (QED) is 0.359. The number of amides is 3. The van der Waals surface area contributed by atoms with Gasteiger partial charge in [0, 0.05) is 10.1 Å². The van der Waals surface area contributed by atoms with E-state index >= 15 is 0 Å². The van der Waals surface area contributed by atoms with E-state index in [1.165, 1.54) is 28.4 Å². The predicted octanol–water partition coefficient (Wildman–Crippen LogP) is 4.47. The number of carbonyl (C=O) groups is 3. The first-order chi connectivity index (χ1) is 14.4. The lowest BCUT2D eigenvalue weighted by Gasteiger charge is -2.27. The van der Waals surface area contributed by atoms with Gasteiger partial charge in [-0.25, -0.2) is 9.29 Å². The molecule has 1 fully saturated rings. The van der Waals surface area contributed by atoms with Gasteiger partial charge in [-0.1, -0.05) is 18.2 Å². The molecular weight excluding hydrogens is 518 g/mol. The summed E-state index contributed by atoms with van der Waals surface area (Å²) in [7, 11) is 0. The lowest BCUT2D eigenvalue weighted by molar-refractivity contribution is -0.122. The standard InChI is InChI=1S/C22H16FIN2O3S/c23-15-5-3-14(4-6-15)13-25(22(29)19-2-1-11-30-19)18-12-20(27)26(21(18)28)17-9-7-16(24)8-10-17/h1-11,18H,12-13H2. The summed E-state index contributed by atoms with van der Waals surface area (Å²) in [6.07, 6.45) is -0.0941. The van der Waals surface area contributed by atoms with Crippen LogP contribution >= 0.6 is 33.9 Å². The molecule has 30 heavy (non-hydrogen) atoms. The molecule has 152 valence electrons. The number of hydrogen-bond acceptors (Lipinski definition) is 4. The fourth-order valence-corrected chi connectivity index (χ4v) is 4.41. The van der Waals surface area contributed by atoms with Gasteiger partial charge in [-0.2, -0.15) is 0 Å². The second-order valence-electron chi connectivity index (χ2n) is 6.80. The van der Waals surface area contributed by atoms with Crippen molar-refractivity contribution in [3.8, 4) is 0 Å². The average Bonchev–Trinajstić information content (AvgIpc) is 3.37. The minimum Gasteiger partial charge on any atom is -0.321 e. The number of carbonyl (C=O) groups excluding carboxylic acids is 3. The van der Waals surface area contributed by atoms with Gasteiger partial charge in [0.1, 0.15) is 11.9 Å². The van der Waals surface area contributed by atoms with E-state index in [0.717, 1.165) is 8.47 Å². The highest BCUT2D eigenvalue weighted by Crippen LogP contribution is 2.29. The van der Waals surface area contributed by atoms with Crippen molar-refractivity contribution in [3.05, 3.63) is 85.9 Å². The molecule has 3 amide bonds. The molecule has 1 aromatic heterocycles. The maximum absolute atomic E-state index is 13.3. The fourth-order valence-electron chi connectivity index (χ4n) is 3.37.